The molecule has 2 rings (SSSR count). The fourth-order valence-corrected chi connectivity index (χ4v) is 2.27. The summed E-state index contributed by atoms with van der Waals surface area (Å²) in [6, 6.07) is 13.9. The van der Waals surface area contributed by atoms with E-state index < -0.39 is 11.6 Å². The molecule has 0 heterocycles. The van der Waals surface area contributed by atoms with Crippen molar-refractivity contribution >= 4 is 33.5 Å². The molecule has 0 aliphatic rings. The van der Waals surface area contributed by atoms with E-state index in [4.69, 9.17) is 9.84 Å². The Labute approximate surface area is 148 Å². The first-order valence-electron chi connectivity index (χ1n) is 7.33. The normalized spacial score (nSPS) is 11.0. The second-order valence-electron chi connectivity index (χ2n) is 5.79. The fraction of sp³-hybridized carbons (Fsp3) is 0.222. The van der Waals surface area contributed by atoms with Gasteiger partial charge in [0, 0.05) is 10.2 Å². The number of carbonyl (C=O) groups is 2. The van der Waals surface area contributed by atoms with Gasteiger partial charge in [-0.15, -0.1) is 0 Å². The Morgan fingerprint density at radius 1 is 1.08 bits per heavy atom. The van der Waals surface area contributed by atoms with Crippen LogP contribution < -0.4 is 10.1 Å². The molecule has 0 saturated carbocycles. The predicted molar refractivity (Wildman–Crippen MR) is 95.3 cm³/mol. The highest BCUT2D eigenvalue weighted by Crippen LogP contribution is 2.22. The summed E-state index contributed by atoms with van der Waals surface area (Å²) in [5, 5.41) is 11.5. The largest absolute Gasteiger partial charge is 0.481 e. The van der Waals surface area contributed by atoms with E-state index in [-0.39, 0.29) is 12.3 Å². The summed E-state index contributed by atoms with van der Waals surface area (Å²) in [6.45, 7) is 3.37. The number of hydrogen-bond acceptors (Lipinski definition) is 3. The molecule has 2 aromatic carbocycles. The van der Waals surface area contributed by atoms with Crippen LogP contribution in [-0.2, 0) is 16.0 Å². The van der Waals surface area contributed by atoms with Crippen molar-refractivity contribution in [3.05, 3.63) is 58.6 Å². The van der Waals surface area contributed by atoms with Gasteiger partial charge in [-0.3, -0.25) is 9.59 Å². The van der Waals surface area contributed by atoms with Crippen LogP contribution in [0.2, 0.25) is 0 Å². The van der Waals surface area contributed by atoms with Gasteiger partial charge in [0.2, 0.25) is 0 Å². The molecule has 2 aromatic rings. The third kappa shape index (κ3) is 5.09. The lowest BCUT2D eigenvalue weighted by molar-refractivity contribution is -0.136. The van der Waals surface area contributed by atoms with Crippen LogP contribution >= 0.6 is 15.9 Å². The number of carboxylic acid groups (broad SMARTS) is 1. The van der Waals surface area contributed by atoms with Crippen LogP contribution in [0.4, 0.5) is 5.69 Å². The van der Waals surface area contributed by atoms with Crippen molar-refractivity contribution in [2.24, 2.45) is 0 Å². The summed E-state index contributed by atoms with van der Waals surface area (Å²) >= 11 is 3.35. The lowest BCUT2D eigenvalue weighted by Crippen LogP contribution is -2.42. The standard InChI is InChI=1S/C18H18BrNO4/c1-18(2,24-15-9-5-13(19)6-10-15)17(23)20-14-7-3-12(4-8-14)11-16(21)22/h3-10H,11H2,1-2H3,(H,20,23)(H,21,22). The molecule has 126 valence electrons. The van der Waals surface area contributed by atoms with Crippen LogP contribution in [0.1, 0.15) is 19.4 Å². The number of ether oxygens (including phenoxy) is 1. The van der Waals surface area contributed by atoms with Crippen molar-refractivity contribution in [2.45, 2.75) is 25.9 Å². The number of hydrogen-bond donors (Lipinski definition) is 2. The van der Waals surface area contributed by atoms with Crippen LogP contribution in [0.15, 0.2) is 53.0 Å². The number of benzene rings is 2. The lowest BCUT2D eigenvalue weighted by atomic mass is 10.1. The quantitative estimate of drug-likeness (QED) is 0.783. The van der Waals surface area contributed by atoms with E-state index in [0.717, 1.165) is 4.47 Å². The zero-order chi connectivity index (χ0) is 17.7. The van der Waals surface area contributed by atoms with Crippen molar-refractivity contribution in [2.75, 3.05) is 5.32 Å². The first kappa shape index (κ1) is 18.0. The Morgan fingerprint density at radius 2 is 1.67 bits per heavy atom. The second kappa shape index (κ2) is 7.49. The average Bonchev–Trinajstić information content (AvgIpc) is 2.51. The first-order valence-corrected chi connectivity index (χ1v) is 8.12. The SMILES string of the molecule is CC(C)(Oc1ccc(Br)cc1)C(=O)Nc1ccc(CC(=O)O)cc1. The van der Waals surface area contributed by atoms with E-state index in [9.17, 15) is 9.59 Å². The zero-order valence-corrected chi connectivity index (χ0v) is 15.0. The summed E-state index contributed by atoms with van der Waals surface area (Å²) in [5.41, 5.74) is 0.195. The molecular weight excluding hydrogens is 374 g/mol. The van der Waals surface area contributed by atoms with Crippen LogP contribution in [0.3, 0.4) is 0 Å². The minimum atomic E-state index is -1.06. The number of anilines is 1. The van der Waals surface area contributed by atoms with Gasteiger partial charge in [0.25, 0.3) is 5.91 Å². The maximum atomic E-state index is 12.4. The molecule has 2 N–H and O–H groups in total. The Kier molecular flexibility index (Phi) is 5.62. The van der Waals surface area contributed by atoms with Gasteiger partial charge in [0.15, 0.2) is 5.60 Å². The third-order valence-corrected chi connectivity index (χ3v) is 3.83. The number of carboxylic acids is 1. The molecule has 0 aliphatic heterocycles. The highest BCUT2D eigenvalue weighted by Gasteiger charge is 2.30. The Morgan fingerprint density at radius 3 is 2.21 bits per heavy atom. The van der Waals surface area contributed by atoms with Crippen LogP contribution in [0.25, 0.3) is 0 Å². The Balaban J connectivity index is 2.01. The van der Waals surface area contributed by atoms with E-state index >= 15 is 0 Å². The topological polar surface area (TPSA) is 75.6 Å². The van der Waals surface area contributed by atoms with E-state index in [1.54, 1.807) is 50.2 Å². The minimum absolute atomic E-state index is 0.0492. The molecule has 0 saturated heterocycles. The molecule has 0 aliphatic carbocycles. The summed E-state index contributed by atoms with van der Waals surface area (Å²) < 4.78 is 6.69. The Hall–Kier alpha value is -2.34. The molecule has 0 bridgehead atoms. The molecule has 0 fully saturated rings. The molecule has 0 aromatic heterocycles. The highest BCUT2D eigenvalue weighted by atomic mass is 79.9. The fourth-order valence-electron chi connectivity index (χ4n) is 2.01. The number of aliphatic carboxylic acids is 1. The minimum Gasteiger partial charge on any atom is -0.481 e. The molecule has 0 spiro atoms. The van der Waals surface area contributed by atoms with E-state index in [1.807, 2.05) is 12.1 Å². The van der Waals surface area contributed by atoms with Gasteiger partial charge >= 0.3 is 5.97 Å². The summed E-state index contributed by atoms with van der Waals surface area (Å²) in [5.74, 6) is -0.595. The average molecular weight is 392 g/mol. The maximum Gasteiger partial charge on any atom is 0.307 e. The van der Waals surface area contributed by atoms with Crippen LogP contribution in [0, 0.1) is 0 Å². The van der Waals surface area contributed by atoms with Crippen molar-refractivity contribution in [3.63, 3.8) is 0 Å². The summed E-state index contributed by atoms with van der Waals surface area (Å²) in [4.78, 5) is 23.1. The Bertz CT molecular complexity index is 724. The number of amides is 1. The third-order valence-electron chi connectivity index (χ3n) is 3.30. The predicted octanol–water partition coefficient (Wildman–Crippen LogP) is 3.87. The monoisotopic (exact) mass is 391 g/mol. The second-order valence-corrected chi connectivity index (χ2v) is 6.70. The van der Waals surface area contributed by atoms with Crippen molar-refractivity contribution in [3.8, 4) is 5.75 Å². The maximum absolute atomic E-state index is 12.4. The number of nitrogens with one attached hydrogen (secondary N) is 1. The molecule has 24 heavy (non-hydrogen) atoms. The van der Waals surface area contributed by atoms with Crippen LogP contribution in [-0.4, -0.2) is 22.6 Å². The van der Waals surface area contributed by atoms with Crippen molar-refractivity contribution in [1.29, 1.82) is 0 Å². The number of rotatable bonds is 6. The van der Waals surface area contributed by atoms with Gasteiger partial charge in [0.05, 0.1) is 6.42 Å². The van der Waals surface area contributed by atoms with E-state index in [1.165, 1.54) is 0 Å². The zero-order valence-electron chi connectivity index (χ0n) is 13.4. The summed E-state index contributed by atoms with van der Waals surface area (Å²) in [6.07, 6.45) is -0.0492. The van der Waals surface area contributed by atoms with Gasteiger partial charge < -0.3 is 15.2 Å². The van der Waals surface area contributed by atoms with Gasteiger partial charge in [-0.25, -0.2) is 0 Å². The molecule has 5 nitrogen and oxygen atoms in total. The van der Waals surface area contributed by atoms with E-state index in [2.05, 4.69) is 21.2 Å². The van der Waals surface area contributed by atoms with Gasteiger partial charge in [-0.1, -0.05) is 28.1 Å². The molecule has 0 radical (unpaired) electrons. The van der Waals surface area contributed by atoms with Gasteiger partial charge in [-0.05, 0) is 55.8 Å². The molecular formula is C18H18BrNO4. The smallest absolute Gasteiger partial charge is 0.307 e. The van der Waals surface area contributed by atoms with Gasteiger partial charge in [-0.2, -0.15) is 0 Å². The van der Waals surface area contributed by atoms with Gasteiger partial charge in [0.1, 0.15) is 5.75 Å². The van der Waals surface area contributed by atoms with Crippen molar-refractivity contribution in [1.82, 2.24) is 0 Å². The lowest BCUT2D eigenvalue weighted by Gasteiger charge is -2.25. The van der Waals surface area contributed by atoms with E-state index in [0.29, 0.717) is 17.0 Å². The highest BCUT2D eigenvalue weighted by molar-refractivity contribution is 9.10. The number of carbonyl (C=O) groups excluding carboxylic acids is 1. The first-order chi connectivity index (χ1) is 11.3. The molecule has 0 atom stereocenters. The van der Waals surface area contributed by atoms with Crippen molar-refractivity contribution < 1.29 is 19.4 Å². The van der Waals surface area contributed by atoms with Crippen LogP contribution in [0.5, 0.6) is 5.75 Å². The molecule has 6 heteroatoms. The molecule has 1 amide bonds. The number of halogens is 1. The molecule has 0 unspecified atom stereocenters. The summed E-state index contributed by atoms with van der Waals surface area (Å²) in [7, 11) is 0.